The number of amides is 1. The van der Waals surface area contributed by atoms with Gasteiger partial charge < -0.3 is 10.4 Å². The van der Waals surface area contributed by atoms with Crippen LogP contribution < -0.4 is 10.6 Å². The molecule has 32 heavy (non-hydrogen) atoms. The van der Waals surface area contributed by atoms with E-state index in [4.69, 9.17) is 12.2 Å². The number of non-ortho nitro benzene ring substituents is 1. The number of aromatic hydroxyl groups is 1. The van der Waals surface area contributed by atoms with Crippen LogP contribution in [-0.4, -0.2) is 31.8 Å². The third kappa shape index (κ3) is 5.59. The highest BCUT2D eigenvalue weighted by Gasteiger charge is 2.16. The molecule has 0 fully saturated rings. The van der Waals surface area contributed by atoms with Crippen molar-refractivity contribution in [2.24, 2.45) is 0 Å². The number of anilines is 1. The molecule has 3 rings (SSSR count). The number of nitro benzene ring substituents is 1. The quantitative estimate of drug-likeness (QED) is 0.162. The van der Waals surface area contributed by atoms with Crippen molar-refractivity contribution in [3.05, 3.63) is 86.4 Å². The fourth-order valence-corrected chi connectivity index (χ4v) is 3.73. The van der Waals surface area contributed by atoms with Crippen LogP contribution in [0.2, 0.25) is 0 Å². The van der Waals surface area contributed by atoms with Gasteiger partial charge in [-0.2, -0.15) is 0 Å². The van der Waals surface area contributed by atoms with Crippen LogP contribution in [0.3, 0.4) is 0 Å². The first kappa shape index (κ1) is 22.7. The van der Waals surface area contributed by atoms with E-state index in [1.54, 1.807) is 25.1 Å². The van der Waals surface area contributed by atoms with Crippen LogP contribution in [0.4, 0.5) is 10.8 Å². The molecule has 0 aliphatic rings. The molecule has 0 atom stereocenters. The summed E-state index contributed by atoms with van der Waals surface area (Å²) in [6.07, 6.45) is 2.85. The number of para-hydroxylation sites is 1. The SMILES string of the molecule is Cc1nc(NC(=S)NC(=O)c2ccc([N+](=O)[O-])cc2)sc1C(=O)/C=C/c1ccccc1O. The second-order valence-electron chi connectivity index (χ2n) is 6.40. The number of phenolic OH excluding ortho intramolecular Hbond substituents is 1. The zero-order chi connectivity index (χ0) is 23.3. The lowest BCUT2D eigenvalue weighted by molar-refractivity contribution is -0.384. The third-order valence-electron chi connectivity index (χ3n) is 4.16. The summed E-state index contributed by atoms with van der Waals surface area (Å²) in [5, 5.41) is 26.0. The van der Waals surface area contributed by atoms with Crippen molar-refractivity contribution in [3.63, 3.8) is 0 Å². The Morgan fingerprint density at radius 1 is 1.19 bits per heavy atom. The number of thiazole rings is 1. The number of nitrogens with one attached hydrogen (secondary N) is 2. The fraction of sp³-hybridized carbons (Fsp3) is 0.0476. The Labute approximate surface area is 191 Å². The molecule has 0 saturated carbocycles. The van der Waals surface area contributed by atoms with Crippen molar-refractivity contribution in [3.8, 4) is 5.75 Å². The zero-order valence-electron chi connectivity index (χ0n) is 16.6. The minimum absolute atomic E-state index is 0.0362. The van der Waals surface area contributed by atoms with E-state index < -0.39 is 10.8 Å². The standard InChI is InChI=1S/C21H16N4O5S2/c1-12-18(17(27)11-8-13-4-2-3-5-16(13)26)32-21(22-12)24-20(31)23-19(28)14-6-9-15(10-7-14)25(29)30/h2-11,26H,1H3,(H2,22,23,24,28,31)/b11-8+. The van der Waals surface area contributed by atoms with E-state index in [0.29, 0.717) is 21.3 Å². The maximum atomic E-state index is 12.5. The van der Waals surface area contributed by atoms with Crippen LogP contribution >= 0.6 is 23.6 Å². The molecule has 0 bridgehead atoms. The molecule has 1 aromatic heterocycles. The van der Waals surface area contributed by atoms with Crippen molar-refractivity contribution in [1.82, 2.24) is 10.3 Å². The molecule has 162 valence electrons. The third-order valence-corrected chi connectivity index (χ3v) is 5.45. The molecular formula is C21H16N4O5S2. The Balaban J connectivity index is 1.63. The summed E-state index contributed by atoms with van der Waals surface area (Å²) in [6.45, 7) is 1.67. The molecule has 1 amide bonds. The lowest BCUT2D eigenvalue weighted by Crippen LogP contribution is -2.34. The van der Waals surface area contributed by atoms with Crippen molar-refractivity contribution in [2.75, 3.05) is 5.32 Å². The van der Waals surface area contributed by atoms with Gasteiger partial charge in [-0.05, 0) is 49.5 Å². The van der Waals surface area contributed by atoms with E-state index in [9.17, 15) is 24.8 Å². The molecule has 0 radical (unpaired) electrons. The van der Waals surface area contributed by atoms with Crippen LogP contribution in [0, 0.1) is 17.0 Å². The number of aryl methyl sites for hydroxylation is 1. The molecule has 9 nitrogen and oxygen atoms in total. The van der Waals surface area contributed by atoms with Crippen LogP contribution in [0.25, 0.3) is 6.08 Å². The largest absolute Gasteiger partial charge is 0.507 e. The van der Waals surface area contributed by atoms with E-state index in [0.717, 1.165) is 11.3 Å². The van der Waals surface area contributed by atoms with Gasteiger partial charge in [-0.25, -0.2) is 4.98 Å². The fourth-order valence-electron chi connectivity index (χ4n) is 2.59. The van der Waals surface area contributed by atoms with Gasteiger partial charge in [0.05, 0.1) is 15.5 Å². The smallest absolute Gasteiger partial charge is 0.269 e. The topological polar surface area (TPSA) is 134 Å². The Bertz CT molecular complexity index is 1240. The molecule has 3 aromatic rings. The number of nitrogens with zero attached hydrogens (tertiary/aromatic N) is 2. The first-order valence-corrected chi connectivity index (χ1v) is 10.3. The Hall–Kier alpha value is -3.96. The van der Waals surface area contributed by atoms with Gasteiger partial charge in [0, 0.05) is 23.3 Å². The van der Waals surface area contributed by atoms with Gasteiger partial charge in [0.2, 0.25) is 0 Å². The molecule has 0 aliphatic heterocycles. The van der Waals surface area contributed by atoms with E-state index in [1.165, 1.54) is 42.5 Å². The minimum atomic E-state index is -0.560. The normalized spacial score (nSPS) is 10.7. The highest BCUT2D eigenvalue weighted by Crippen LogP contribution is 2.24. The summed E-state index contributed by atoms with van der Waals surface area (Å²) < 4.78 is 0. The second kappa shape index (κ2) is 9.90. The lowest BCUT2D eigenvalue weighted by Gasteiger charge is -2.07. The van der Waals surface area contributed by atoms with Gasteiger partial charge in [-0.3, -0.25) is 25.0 Å². The molecule has 3 N–H and O–H groups in total. The average molecular weight is 469 g/mol. The van der Waals surface area contributed by atoms with Crippen molar-refractivity contribution >= 4 is 57.3 Å². The Morgan fingerprint density at radius 2 is 1.88 bits per heavy atom. The molecule has 2 aromatic carbocycles. The first-order valence-electron chi connectivity index (χ1n) is 9.09. The molecule has 1 heterocycles. The summed E-state index contributed by atoms with van der Waals surface area (Å²) in [7, 11) is 0. The molecular weight excluding hydrogens is 452 g/mol. The number of aromatic nitrogens is 1. The maximum Gasteiger partial charge on any atom is 0.269 e. The van der Waals surface area contributed by atoms with Gasteiger partial charge in [0.1, 0.15) is 5.75 Å². The van der Waals surface area contributed by atoms with Gasteiger partial charge >= 0.3 is 0 Å². The van der Waals surface area contributed by atoms with Crippen molar-refractivity contribution in [2.45, 2.75) is 6.92 Å². The summed E-state index contributed by atoms with van der Waals surface area (Å²) >= 11 is 6.18. The maximum absolute atomic E-state index is 12.5. The summed E-state index contributed by atoms with van der Waals surface area (Å²) in [5.74, 6) is -0.779. The molecule has 0 unspecified atom stereocenters. The second-order valence-corrected chi connectivity index (χ2v) is 7.81. The Kier molecular flexibility index (Phi) is 7.03. The van der Waals surface area contributed by atoms with Crippen LogP contribution in [-0.2, 0) is 0 Å². The molecule has 0 saturated heterocycles. The van der Waals surface area contributed by atoms with Gasteiger partial charge in [-0.15, -0.1) is 0 Å². The molecule has 0 aliphatic carbocycles. The van der Waals surface area contributed by atoms with Crippen molar-refractivity contribution < 1.29 is 19.6 Å². The minimum Gasteiger partial charge on any atom is -0.507 e. The van der Waals surface area contributed by atoms with Crippen LogP contribution in [0.5, 0.6) is 5.75 Å². The number of carbonyl (C=O) groups is 2. The number of allylic oxidation sites excluding steroid dienone is 1. The predicted molar refractivity (Wildman–Crippen MR) is 125 cm³/mol. The number of carbonyl (C=O) groups excluding carboxylic acids is 2. The number of benzene rings is 2. The first-order chi connectivity index (χ1) is 15.2. The van der Waals surface area contributed by atoms with Crippen molar-refractivity contribution in [1.29, 1.82) is 0 Å². The van der Waals surface area contributed by atoms with Gasteiger partial charge in [0.25, 0.3) is 11.6 Å². The summed E-state index contributed by atoms with van der Waals surface area (Å²) in [5.41, 5.74) is 1.06. The van der Waals surface area contributed by atoms with Gasteiger partial charge in [0.15, 0.2) is 16.0 Å². The number of phenols is 1. The number of hydrogen-bond donors (Lipinski definition) is 3. The number of rotatable bonds is 6. The number of nitro groups is 1. The number of ketones is 1. The predicted octanol–water partition coefficient (Wildman–Crippen LogP) is 4.09. The highest BCUT2D eigenvalue weighted by molar-refractivity contribution is 7.80. The van der Waals surface area contributed by atoms with Gasteiger partial charge in [-0.1, -0.05) is 29.5 Å². The zero-order valence-corrected chi connectivity index (χ0v) is 18.2. The number of hydrogen-bond acceptors (Lipinski definition) is 8. The van der Waals surface area contributed by atoms with E-state index in [-0.39, 0.29) is 27.9 Å². The average Bonchev–Trinajstić information content (AvgIpc) is 3.12. The number of thiocarbonyl (C=S) groups is 1. The lowest BCUT2D eigenvalue weighted by atomic mass is 10.1. The van der Waals surface area contributed by atoms with Crippen LogP contribution in [0.1, 0.15) is 31.3 Å². The monoisotopic (exact) mass is 468 g/mol. The Morgan fingerprint density at radius 3 is 2.53 bits per heavy atom. The van der Waals surface area contributed by atoms with E-state index in [2.05, 4.69) is 15.6 Å². The summed E-state index contributed by atoms with van der Waals surface area (Å²) in [6, 6.07) is 11.7. The van der Waals surface area contributed by atoms with E-state index in [1.807, 2.05) is 0 Å². The molecule has 11 heteroatoms. The highest BCUT2D eigenvalue weighted by atomic mass is 32.1. The molecule has 0 spiro atoms. The van der Waals surface area contributed by atoms with Crippen LogP contribution in [0.15, 0.2) is 54.6 Å². The van der Waals surface area contributed by atoms with E-state index >= 15 is 0 Å². The summed E-state index contributed by atoms with van der Waals surface area (Å²) in [4.78, 5) is 39.5.